The number of carbonyl (C=O) groups excluding carboxylic acids is 2. The molecule has 0 aliphatic carbocycles. The van der Waals surface area contributed by atoms with Gasteiger partial charge in [0, 0.05) is 25.4 Å². The van der Waals surface area contributed by atoms with Gasteiger partial charge < -0.3 is 20.5 Å². The van der Waals surface area contributed by atoms with E-state index in [9.17, 15) is 14.0 Å². The quantitative estimate of drug-likeness (QED) is 0.258. The first-order chi connectivity index (χ1) is 19.4. The van der Waals surface area contributed by atoms with E-state index in [0.717, 1.165) is 30.1 Å². The standard InChI is InChI=1S/C29H24F2N4O4S/c30-20-5-1-2-6-22(20)34-29(37)26(28(32)36)18-7-8-24(21(31)16-18)39-25-9-10-33-23-17-19(40-27(23)25)4-3-11-35-12-14-38-15-13-35/h1-2,5-10,16-17,26H,11-15H2,(H2,32,36)(H,34,37). The zero-order chi connectivity index (χ0) is 28.1. The number of morpholine rings is 1. The second-order valence-electron chi connectivity index (χ2n) is 8.92. The lowest BCUT2D eigenvalue weighted by Crippen LogP contribution is -2.36. The summed E-state index contributed by atoms with van der Waals surface area (Å²) in [6.45, 7) is 3.74. The predicted molar refractivity (Wildman–Crippen MR) is 147 cm³/mol. The summed E-state index contributed by atoms with van der Waals surface area (Å²) in [5, 5.41) is 2.33. The van der Waals surface area contributed by atoms with Gasteiger partial charge in [-0.15, -0.1) is 11.3 Å². The Labute approximate surface area is 232 Å². The van der Waals surface area contributed by atoms with E-state index < -0.39 is 29.4 Å². The van der Waals surface area contributed by atoms with E-state index in [4.69, 9.17) is 15.2 Å². The number of ether oxygens (including phenoxy) is 2. The van der Waals surface area contributed by atoms with Gasteiger partial charge in [0.15, 0.2) is 11.6 Å². The van der Waals surface area contributed by atoms with E-state index in [0.29, 0.717) is 35.7 Å². The first-order valence-electron chi connectivity index (χ1n) is 12.4. The first-order valence-corrected chi connectivity index (χ1v) is 13.2. The summed E-state index contributed by atoms with van der Waals surface area (Å²) in [6.07, 6.45) is 1.55. The van der Waals surface area contributed by atoms with Crippen LogP contribution in [-0.2, 0) is 14.3 Å². The third kappa shape index (κ3) is 6.26. The smallest absolute Gasteiger partial charge is 0.241 e. The number of nitrogens with two attached hydrogens (primary N) is 1. The predicted octanol–water partition coefficient (Wildman–Crippen LogP) is 4.26. The highest BCUT2D eigenvalue weighted by molar-refractivity contribution is 7.19. The molecule has 1 atom stereocenters. The molecule has 1 aliphatic rings. The molecule has 2 aromatic heterocycles. The Morgan fingerprint density at radius 1 is 1.10 bits per heavy atom. The minimum Gasteiger partial charge on any atom is -0.453 e. The van der Waals surface area contributed by atoms with E-state index in [1.165, 1.54) is 41.7 Å². The van der Waals surface area contributed by atoms with Crippen molar-refractivity contribution < 1.29 is 27.8 Å². The molecule has 0 saturated carbocycles. The SMILES string of the molecule is NC(=O)C(C(=O)Nc1ccccc1F)c1ccc(Oc2ccnc3cc(C#CCN4CCOCC4)sc23)c(F)c1. The molecule has 11 heteroatoms. The van der Waals surface area contributed by atoms with Gasteiger partial charge in [-0.2, -0.15) is 0 Å². The van der Waals surface area contributed by atoms with Crippen LogP contribution in [0.15, 0.2) is 60.8 Å². The molecular weight excluding hydrogens is 538 g/mol. The summed E-state index contributed by atoms with van der Waals surface area (Å²) in [5.41, 5.74) is 5.98. The van der Waals surface area contributed by atoms with Crippen LogP contribution in [-0.4, -0.2) is 54.5 Å². The summed E-state index contributed by atoms with van der Waals surface area (Å²) in [7, 11) is 0. The van der Waals surface area contributed by atoms with Crippen molar-refractivity contribution in [2.75, 3.05) is 38.2 Å². The number of primary amides is 1. The van der Waals surface area contributed by atoms with Crippen molar-refractivity contribution in [2.24, 2.45) is 5.73 Å². The van der Waals surface area contributed by atoms with E-state index in [1.54, 1.807) is 12.3 Å². The van der Waals surface area contributed by atoms with Gasteiger partial charge in [-0.1, -0.05) is 30.0 Å². The number of rotatable bonds is 7. The fourth-order valence-electron chi connectivity index (χ4n) is 4.16. The van der Waals surface area contributed by atoms with E-state index in [1.807, 2.05) is 6.07 Å². The summed E-state index contributed by atoms with van der Waals surface area (Å²) >= 11 is 1.38. The fraction of sp³-hybridized carbons (Fsp3) is 0.207. The van der Waals surface area contributed by atoms with Crippen molar-refractivity contribution in [3.8, 4) is 23.3 Å². The molecule has 1 aliphatic heterocycles. The lowest BCUT2D eigenvalue weighted by Gasteiger charge is -2.24. The monoisotopic (exact) mass is 562 g/mol. The number of nitrogens with one attached hydrogen (secondary N) is 1. The van der Waals surface area contributed by atoms with Gasteiger partial charge in [-0.25, -0.2) is 8.78 Å². The number of aromatic nitrogens is 1. The molecule has 3 N–H and O–H groups in total. The average molecular weight is 563 g/mol. The number of pyridine rings is 1. The fourth-order valence-corrected chi connectivity index (χ4v) is 5.10. The molecule has 5 rings (SSSR count). The van der Waals surface area contributed by atoms with Crippen LogP contribution in [0.2, 0.25) is 0 Å². The number of fused-ring (bicyclic) bond motifs is 1. The molecule has 3 heterocycles. The summed E-state index contributed by atoms with van der Waals surface area (Å²) in [6, 6.07) is 12.6. The number of benzene rings is 2. The van der Waals surface area contributed by atoms with Crippen LogP contribution in [0.25, 0.3) is 10.2 Å². The Balaban J connectivity index is 1.33. The van der Waals surface area contributed by atoms with Crippen LogP contribution in [0, 0.1) is 23.5 Å². The molecule has 1 fully saturated rings. The second-order valence-corrected chi connectivity index (χ2v) is 9.97. The Hall–Kier alpha value is -4.37. The zero-order valence-electron chi connectivity index (χ0n) is 21.2. The third-order valence-electron chi connectivity index (χ3n) is 6.18. The maximum Gasteiger partial charge on any atom is 0.241 e. The van der Waals surface area contributed by atoms with Crippen LogP contribution < -0.4 is 15.8 Å². The molecule has 40 heavy (non-hydrogen) atoms. The Morgan fingerprint density at radius 3 is 2.65 bits per heavy atom. The summed E-state index contributed by atoms with van der Waals surface area (Å²) in [5.74, 6) is 1.65. The van der Waals surface area contributed by atoms with Gasteiger partial charge in [-0.05, 0) is 35.9 Å². The van der Waals surface area contributed by atoms with Crippen LogP contribution in [0.1, 0.15) is 16.4 Å². The molecule has 0 bridgehead atoms. The average Bonchev–Trinajstić information content (AvgIpc) is 3.36. The molecule has 8 nitrogen and oxygen atoms in total. The number of hydrogen-bond donors (Lipinski definition) is 2. The lowest BCUT2D eigenvalue weighted by atomic mass is 9.97. The van der Waals surface area contributed by atoms with Crippen LogP contribution >= 0.6 is 11.3 Å². The van der Waals surface area contributed by atoms with Crippen LogP contribution in [0.3, 0.4) is 0 Å². The lowest BCUT2D eigenvalue weighted by molar-refractivity contribution is -0.127. The topological polar surface area (TPSA) is 107 Å². The van der Waals surface area contributed by atoms with Crippen molar-refractivity contribution in [2.45, 2.75) is 5.92 Å². The number of thiophene rings is 1. The number of carbonyl (C=O) groups is 2. The van der Waals surface area contributed by atoms with E-state index in [-0.39, 0.29) is 17.0 Å². The Bertz CT molecular complexity index is 1630. The number of halogens is 2. The van der Waals surface area contributed by atoms with E-state index in [2.05, 4.69) is 27.0 Å². The second kappa shape index (κ2) is 12.2. The number of anilines is 1. The van der Waals surface area contributed by atoms with Gasteiger partial charge in [0.1, 0.15) is 17.5 Å². The van der Waals surface area contributed by atoms with Gasteiger partial charge in [0.05, 0.1) is 40.5 Å². The molecule has 1 unspecified atom stereocenters. The minimum absolute atomic E-state index is 0.0000155. The van der Waals surface area contributed by atoms with Gasteiger partial charge in [-0.3, -0.25) is 19.5 Å². The van der Waals surface area contributed by atoms with Crippen molar-refractivity contribution in [1.29, 1.82) is 0 Å². The molecule has 4 aromatic rings. The summed E-state index contributed by atoms with van der Waals surface area (Å²) in [4.78, 5) is 32.2. The third-order valence-corrected chi connectivity index (χ3v) is 7.24. The van der Waals surface area contributed by atoms with Crippen molar-refractivity contribution in [3.05, 3.63) is 82.9 Å². The molecule has 0 spiro atoms. The van der Waals surface area contributed by atoms with Crippen molar-refractivity contribution >= 4 is 39.1 Å². The molecule has 1 saturated heterocycles. The maximum absolute atomic E-state index is 15.1. The van der Waals surface area contributed by atoms with Gasteiger partial charge >= 0.3 is 0 Å². The number of amides is 2. The highest BCUT2D eigenvalue weighted by Crippen LogP contribution is 2.36. The first kappa shape index (κ1) is 27.2. The molecule has 2 amide bonds. The van der Waals surface area contributed by atoms with Gasteiger partial charge in [0.2, 0.25) is 11.8 Å². The Kier molecular flexibility index (Phi) is 8.31. The van der Waals surface area contributed by atoms with Crippen LogP contribution in [0.5, 0.6) is 11.5 Å². The van der Waals surface area contributed by atoms with E-state index >= 15 is 4.39 Å². The Morgan fingerprint density at radius 2 is 1.90 bits per heavy atom. The molecule has 2 aromatic carbocycles. The van der Waals surface area contributed by atoms with Crippen molar-refractivity contribution in [3.63, 3.8) is 0 Å². The highest BCUT2D eigenvalue weighted by Gasteiger charge is 2.28. The largest absolute Gasteiger partial charge is 0.453 e. The zero-order valence-corrected chi connectivity index (χ0v) is 22.0. The number of para-hydroxylation sites is 1. The molecular formula is C29H24F2N4O4S. The highest BCUT2D eigenvalue weighted by atomic mass is 32.1. The molecule has 204 valence electrons. The summed E-state index contributed by atoms with van der Waals surface area (Å²) < 4.78 is 41.0. The van der Waals surface area contributed by atoms with Gasteiger partial charge in [0.25, 0.3) is 0 Å². The minimum atomic E-state index is -1.55. The normalized spacial score (nSPS) is 14.2. The molecule has 0 radical (unpaired) electrons. The maximum atomic E-state index is 15.1. The number of hydrogen-bond acceptors (Lipinski definition) is 7. The number of nitrogens with zero attached hydrogens (tertiary/aromatic N) is 2. The van der Waals surface area contributed by atoms with Crippen molar-refractivity contribution in [1.82, 2.24) is 9.88 Å². The van der Waals surface area contributed by atoms with Crippen LogP contribution in [0.4, 0.5) is 14.5 Å².